The average molecular weight is 282 g/mol. The lowest BCUT2D eigenvalue weighted by Gasteiger charge is -2.27. The number of rotatable bonds is 2. The maximum absolute atomic E-state index is 12.5. The predicted molar refractivity (Wildman–Crippen MR) is 85.4 cm³/mol. The van der Waals surface area contributed by atoms with Gasteiger partial charge >= 0.3 is 0 Å². The van der Waals surface area contributed by atoms with Crippen molar-refractivity contribution in [3.63, 3.8) is 0 Å². The molecule has 0 spiro atoms. The van der Waals surface area contributed by atoms with Crippen LogP contribution in [0.25, 0.3) is 10.9 Å². The summed E-state index contributed by atoms with van der Waals surface area (Å²) in [7, 11) is 0. The highest BCUT2D eigenvalue weighted by molar-refractivity contribution is 5.98. The number of carbonyl (C=O) groups is 1. The molecule has 0 radical (unpaired) electrons. The van der Waals surface area contributed by atoms with Crippen molar-refractivity contribution in [3.8, 4) is 0 Å². The number of amides is 1. The highest BCUT2D eigenvalue weighted by Gasteiger charge is 2.21. The first kappa shape index (κ1) is 14.1. The molecule has 1 aliphatic rings. The molecule has 0 saturated heterocycles. The van der Waals surface area contributed by atoms with Crippen LogP contribution >= 0.6 is 0 Å². The zero-order chi connectivity index (χ0) is 14.8. The highest BCUT2D eigenvalue weighted by atomic mass is 16.1. The van der Waals surface area contributed by atoms with Gasteiger partial charge < -0.3 is 5.32 Å². The number of fused-ring (bicyclic) bond motifs is 1. The van der Waals surface area contributed by atoms with Crippen LogP contribution in [-0.2, 0) is 0 Å². The average Bonchev–Trinajstić information content (AvgIpc) is 2.49. The number of para-hydroxylation sites is 1. The normalized spacial score (nSPS) is 22.2. The molecule has 1 amide bonds. The molecular formula is C18H22N2O. The maximum Gasteiger partial charge on any atom is 0.253 e. The zero-order valence-electron chi connectivity index (χ0n) is 12.7. The van der Waals surface area contributed by atoms with Crippen LogP contribution in [0.4, 0.5) is 0 Å². The molecule has 3 nitrogen and oxygen atoms in total. The van der Waals surface area contributed by atoms with Gasteiger partial charge in [-0.2, -0.15) is 0 Å². The van der Waals surface area contributed by atoms with Gasteiger partial charge in [-0.3, -0.25) is 9.78 Å². The second-order valence-corrected chi connectivity index (χ2v) is 6.24. The van der Waals surface area contributed by atoms with Crippen LogP contribution in [0.2, 0.25) is 0 Å². The quantitative estimate of drug-likeness (QED) is 0.909. The van der Waals surface area contributed by atoms with Crippen molar-refractivity contribution in [2.75, 3.05) is 0 Å². The van der Waals surface area contributed by atoms with Crippen LogP contribution in [0, 0.1) is 12.8 Å². The van der Waals surface area contributed by atoms with E-state index < -0.39 is 0 Å². The van der Waals surface area contributed by atoms with Crippen molar-refractivity contribution in [2.45, 2.75) is 45.6 Å². The molecule has 1 heterocycles. The number of aryl methyl sites for hydroxylation is 1. The highest BCUT2D eigenvalue weighted by Crippen LogP contribution is 2.24. The van der Waals surface area contributed by atoms with E-state index in [1.807, 2.05) is 37.3 Å². The first-order valence-corrected chi connectivity index (χ1v) is 7.81. The molecule has 110 valence electrons. The lowest BCUT2D eigenvalue weighted by Crippen LogP contribution is -2.37. The SMILES string of the molecule is Cc1nc2ccccc2cc1C(=O)NC1CCC(C)CC1. The summed E-state index contributed by atoms with van der Waals surface area (Å²) >= 11 is 0. The van der Waals surface area contributed by atoms with E-state index in [0.717, 1.165) is 35.4 Å². The number of hydrogen-bond acceptors (Lipinski definition) is 2. The monoisotopic (exact) mass is 282 g/mol. The third-order valence-corrected chi connectivity index (χ3v) is 4.51. The molecule has 1 aromatic heterocycles. The minimum Gasteiger partial charge on any atom is -0.349 e. The van der Waals surface area contributed by atoms with Gasteiger partial charge in [-0.1, -0.05) is 25.1 Å². The van der Waals surface area contributed by atoms with Crippen molar-refractivity contribution < 1.29 is 4.79 Å². The number of carbonyl (C=O) groups excluding carboxylic acids is 1. The van der Waals surface area contributed by atoms with E-state index >= 15 is 0 Å². The largest absolute Gasteiger partial charge is 0.349 e. The fourth-order valence-electron chi connectivity index (χ4n) is 3.11. The van der Waals surface area contributed by atoms with Gasteiger partial charge in [0.05, 0.1) is 16.8 Å². The minimum absolute atomic E-state index is 0.0188. The Hall–Kier alpha value is -1.90. The predicted octanol–water partition coefficient (Wildman–Crippen LogP) is 3.85. The summed E-state index contributed by atoms with van der Waals surface area (Å²) in [6.07, 6.45) is 4.60. The van der Waals surface area contributed by atoms with Crippen molar-refractivity contribution in [1.29, 1.82) is 0 Å². The Morgan fingerprint density at radius 1 is 1.19 bits per heavy atom. The molecule has 3 rings (SSSR count). The summed E-state index contributed by atoms with van der Waals surface area (Å²) in [5, 5.41) is 4.20. The van der Waals surface area contributed by atoms with Crippen molar-refractivity contribution >= 4 is 16.8 Å². The van der Waals surface area contributed by atoms with Crippen molar-refractivity contribution in [2.24, 2.45) is 5.92 Å². The summed E-state index contributed by atoms with van der Waals surface area (Å²) in [4.78, 5) is 17.0. The molecule has 3 heteroatoms. The van der Waals surface area contributed by atoms with E-state index in [2.05, 4.69) is 17.2 Å². The molecule has 0 aliphatic heterocycles. The van der Waals surface area contributed by atoms with Gasteiger partial charge in [-0.25, -0.2) is 0 Å². The van der Waals surface area contributed by atoms with Crippen LogP contribution in [0.5, 0.6) is 0 Å². The minimum atomic E-state index is 0.0188. The van der Waals surface area contributed by atoms with Gasteiger partial charge in [0.1, 0.15) is 0 Å². The number of pyridine rings is 1. The third kappa shape index (κ3) is 3.07. The van der Waals surface area contributed by atoms with E-state index in [0.29, 0.717) is 11.6 Å². The molecule has 21 heavy (non-hydrogen) atoms. The molecule has 2 aromatic rings. The summed E-state index contributed by atoms with van der Waals surface area (Å²) in [6.45, 7) is 4.19. The van der Waals surface area contributed by atoms with Gasteiger partial charge in [-0.05, 0) is 50.7 Å². The Morgan fingerprint density at radius 2 is 1.90 bits per heavy atom. The molecule has 0 atom stereocenters. The van der Waals surface area contributed by atoms with E-state index in [1.54, 1.807) is 0 Å². The van der Waals surface area contributed by atoms with Gasteiger partial charge in [0.2, 0.25) is 0 Å². The van der Waals surface area contributed by atoms with E-state index in [4.69, 9.17) is 0 Å². The molecule has 1 fully saturated rings. The fraction of sp³-hybridized carbons (Fsp3) is 0.444. The summed E-state index contributed by atoms with van der Waals surface area (Å²) < 4.78 is 0. The lowest BCUT2D eigenvalue weighted by atomic mass is 9.87. The van der Waals surface area contributed by atoms with E-state index in [9.17, 15) is 4.79 Å². The number of hydrogen-bond donors (Lipinski definition) is 1. The van der Waals surface area contributed by atoms with Crippen LogP contribution in [-0.4, -0.2) is 16.9 Å². The molecule has 1 N–H and O–H groups in total. The Labute approximate surface area is 125 Å². The first-order chi connectivity index (χ1) is 10.1. The molecular weight excluding hydrogens is 260 g/mol. The Morgan fingerprint density at radius 3 is 2.67 bits per heavy atom. The number of aromatic nitrogens is 1. The Balaban J connectivity index is 1.79. The maximum atomic E-state index is 12.5. The summed E-state index contributed by atoms with van der Waals surface area (Å²) in [5.74, 6) is 0.813. The second-order valence-electron chi connectivity index (χ2n) is 6.24. The molecule has 1 aromatic carbocycles. The molecule has 1 saturated carbocycles. The Kier molecular flexibility index (Phi) is 3.91. The number of nitrogens with zero attached hydrogens (tertiary/aromatic N) is 1. The second kappa shape index (κ2) is 5.84. The summed E-state index contributed by atoms with van der Waals surface area (Å²) in [6, 6.07) is 10.2. The van der Waals surface area contributed by atoms with Crippen molar-refractivity contribution in [3.05, 3.63) is 41.6 Å². The van der Waals surface area contributed by atoms with E-state index in [1.165, 1.54) is 12.8 Å². The van der Waals surface area contributed by atoms with Crippen molar-refractivity contribution in [1.82, 2.24) is 10.3 Å². The van der Waals surface area contributed by atoms with Crippen LogP contribution < -0.4 is 5.32 Å². The summed E-state index contributed by atoms with van der Waals surface area (Å²) in [5.41, 5.74) is 2.45. The van der Waals surface area contributed by atoms with Gasteiger partial charge in [-0.15, -0.1) is 0 Å². The third-order valence-electron chi connectivity index (χ3n) is 4.51. The molecule has 0 unspecified atom stereocenters. The van der Waals surface area contributed by atoms with E-state index in [-0.39, 0.29) is 5.91 Å². The topological polar surface area (TPSA) is 42.0 Å². The first-order valence-electron chi connectivity index (χ1n) is 7.81. The van der Waals surface area contributed by atoms with Gasteiger partial charge in [0.25, 0.3) is 5.91 Å². The van der Waals surface area contributed by atoms with Gasteiger partial charge in [0.15, 0.2) is 0 Å². The fourth-order valence-corrected chi connectivity index (χ4v) is 3.11. The smallest absolute Gasteiger partial charge is 0.253 e. The van der Waals surface area contributed by atoms with Crippen LogP contribution in [0.1, 0.15) is 48.7 Å². The molecule has 0 bridgehead atoms. The zero-order valence-corrected chi connectivity index (χ0v) is 12.7. The number of benzene rings is 1. The molecule has 1 aliphatic carbocycles. The lowest BCUT2D eigenvalue weighted by molar-refractivity contribution is 0.0922. The van der Waals surface area contributed by atoms with Crippen LogP contribution in [0.3, 0.4) is 0 Å². The standard InChI is InChI=1S/C18H22N2O/c1-12-7-9-15(10-8-12)20-18(21)16-11-14-5-3-4-6-17(14)19-13(16)2/h3-6,11-12,15H,7-10H2,1-2H3,(H,20,21). The Bertz CT molecular complexity index is 657. The van der Waals surface area contributed by atoms with Gasteiger partial charge in [0, 0.05) is 11.4 Å². The van der Waals surface area contributed by atoms with Crippen LogP contribution in [0.15, 0.2) is 30.3 Å². The number of nitrogens with one attached hydrogen (secondary N) is 1.